The van der Waals surface area contributed by atoms with Gasteiger partial charge >= 0.3 is 0 Å². The van der Waals surface area contributed by atoms with Crippen LogP contribution in [0.1, 0.15) is 40.5 Å². The molecule has 0 aliphatic carbocycles. The van der Waals surface area contributed by atoms with E-state index in [0.717, 1.165) is 0 Å². The van der Waals surface area contributed by atoms with Gasteiger partial charge in [0, 0.05) is 12.0 Å². The molecule has 3 unspecified atom stereocenters. The molecule has 1 N–H and O–H groups in total. The highest BCUT2D eigenvalue weighted by atomic mass is 31.2. The maximum Gasteiger partial charge on any atom is 0.268 e. The zero-order valence-electron chi connectivity index (χ0n) is 16.7. The second kappa shape index (κ2) is 9.90. The molecular formula is C16H28B2O9P-. The third-order valence-corrected chi connectivity index (χ3v) is 5.24. The quantitative estimate of drug-likeness (QED) is 0.386. The van der Waals surface area contributed by atoms with Gasteiger partial charge in [-0.3, -0.25) is 4.57 Å². The molecule has 0 aromatic heterocycles. The Kier molecular flexibility index (Phi) is 8.59. The predicted octanol–water partition coefficient (Wildman–Crippen LogP) is -0.0378. The van der Waals surface area contributed by atoms with Gasteiger partial charge in [0.15, 0.2) is 0 Å². The van der Waals surface area contributed by atoms with Crippen molar-refractivity contribution in [2.24, 2.45) is 0 Å². The van der Waals surface area contributed by atoms with Gasteiger partial charge in [0.25, 0.3) is 7.82 Å². The van der Waals surface area contributed by atoms with E-state index < -0.39 is 43.9 Å². The van der Waals surface area contributed by atoms with E-state index in [1.54, 1.807) is 13.8 Å². The monoisotopic (exact) mass is 417 g/mol. The Labute approximate surface area is 168 Å². The minimum Gasteiger partial charge on any atom is -0.756 e. The van der Waals surface area contributed by atoms with Crippen molar-refractivity contribution >= 4 is 23.5 Å². The lowest BCUT2D eigenvalue weighted by molar-refractivity contribution is -0.271. The maximum absolute atomic E-state index is 12.3. The first kappa shape index (κ1) is 24.3. The van der Waals surface area contributed by atoms with Crippen LogP contribution in [0.2, 0.25) is 0 Å². The molecule has 2 saturated heterocycles. The molecule has 2 fully saturated rings. The van der Waals surface area contributed by atoms with E-state index in [-0.39, 0.29) is 31.8 Å². The zero-order valence-corrected chi connectivity index (χ0v) is 17.6. The van der Waals surface area contributed by atoms with Crippen LogP contribution >= 0.6 is 7.82 Å². The number of ether oxygens (including phenoxy) is 4. The first-order valence-electron chi connectivity index (χ1n) is 9.38. The molecule has 7 atom stereocenters. The molecule has 28 heavy (non-hydrogen) atoms. The van der Waals surface area contributed by atoms with Crippen LogP contribution in [0.5, 0.6) is 0 Å². The Morgan fingerprint density at radius 2 is 1.89 bits per heavy atom. The van der Waals surface area contributed by atoms with Gasteiger partial charge in [-0.1, -0.05) is 0 Å². The molecule has 0 bridgehead atoms. The third kappa shape index (κ3) is 7.07. The summed E-state index contributed by atoms with van der Waals surface area (Å²) in [6.07, 6.45) is -2.22. The van der Waals surface area contributed by atoms with Crippen LogP contribution in [0.15, 0.2) is 0 Å². The zero-order chi connectivity index (χ0) is 21.1. The van der Waals surface area contributed by atoms with Crippen molar-refractivity contribution in [3.63, 3.8) is 0 Å². The summed E-state index contributed by atoms with van der Waals surface area (Å²) >= 11 is 0. The summed E-state index contributed by atoms with van der Waals surface area (Å²) in [7, 11) is 6.63. The normalized spacial score (nSPS) is 38.4. The lowest BCUT2D eigenvalue weighted by atomic mass is 9.96. The first-order chi connectivity index (χ1) is 12.9. The Morgan fingerprint density at radius 1 is 1.21 bits per heavy atom. The van der Waals surface area contributed by atoms with Crippen molar-refractivity contribution in [1.82, 2.24) is 0 Å². The van der Waals surface area contributed by atoms with Gasteiger partial charge in [-0.05, 0) is 40.5 Å². The van der Waals surface area contributed by atoms with Crippen LogP contribution in [0.25, 0.3) is 0 Å². The summed E-state index contributed by atoms with van der Waals surface area (Å²) in [6.45, 7) is 6.61. The van der Waals surface area contributed by atoms with E-state index in [0.29, 0.717) is 6.42 Å². The van der Waals surface area contributed by atoms with Crippen LogP contribution in [0.3, 0.4) is 0 Å². The largest absolute Gasteiger partial charge is 0.756 e. The summed E-state index contributed by atoms with van der Waals surface area (Å²) in [5, 5.41) is 10.6. The fraction of sp³-hybridized carbons (Fsp3) is 1.00. The molecule has 0 spiro atoms. The molecule has 12 heteroatoms. The van der Waals surface area contributed by atoms with Crippen LogP contribution in [-0.2, 0) is 32.6 Å². The number of aliphatic hydroxyl groups is 1. The lowest BCUT2D eigenvalue weighted by Crippen LogP contribution is -2.46. The van der Waals surface area contributed by atoms with Gasteiger partial charge in [-0.15, -0.1) is 0 Å². The van der Waals surface area contributed by atoms with Gasteiger partial charge in [0.05, 0.1) is 24.9 Å². The molecule has 2 rings (SSSR count). The van der Waals surface area contributed by atoms with E-state index in [1.807, 2.05) is 13.8 Å². The Morgan fingerprint density at radius 3 is 2.50 bits per heavy atom. The predicted molar refractivity (Wildman–Crippen MR) is 98.8 cm³/mol. The van der Waals surface area contributed by atoms with Crippen LogP contribution in [0.4, 0.5) is 0 Å². The molecule has 2 aliphatic rings. The summed E-state index contributed by atoms with van der Waals surface area (Å²) in [4.78, 5) is 12.3. The van der Waals surface area contributed by atoms with Gasteiger partial charge in [-0.25, -0.2) is 0 Å². The molecule has 9 nitrogen and oxygen atoms in total. The minimum atomic E-state index is -4.81. The van der Waals surface area contributed by atoms with E-state index in [1.165, 1.54) is 0 Å². The second-order valence-electron chi connectivity index (χ2n) is 7.61. The molecule has 2 heterocycles. The molecule has 158 valence electrons. The van der Waals surface area contributed by atoms with Crippen LogP contribution < -0.4 is 4.89 Å². The van der Waals surface area contributed by atoms with E-state index >= 15 is 0 Å². The number of rotatable bonds is 10. The molecular weight excluding hydrogens is 389 g/mol. The third-order valence-electron chi connectivity index (χ3n) is 4.26. The van der Waals surface area contributed by atoms with E-state index in [2.05, 4.69) is 0 Å². The summed E-state index contributed by atoms with van der Waals surface area (Å²) < 4.78 is 44.0. The molecule has 2 aliphatic heterocycles. The molecule has 0 saturated carbocycles. The fourth-order valence-electron chi connectivity index (χ4n) is 3.06. The fourth-order valence-corrected chi connectivity index (χ4v) is 4.01. The van der Waals surface area contributed by atoms with Crippen LogP contribution in [-0.4, -0.2) is 82.3 Å². The van der Waals surface area contributed by atoms with Crippen molar-refractivity contribution < 1.29 is 42.6 Å². The summed E-state index contributed by atoms with van der Waals surface area (Å²) in [5.74, 6) is -2.00. The van der Waals surface area contributed by atoms with Crippen molar-refractivity contribution in [2.45, 2.75) is 88.9 Å². The number of hydrogen-bond acceptors (Lipinski definition) is 9. The topological polar surface area (TPSA) is 116 Å². The number of hydrogen-bond donors (Lipinski definition) is 1. The van der Waals surface area contributed by atoms with Crippen molar-refractivity contribution in [3.05, 3.63) is 0 Å². The summed E-state index contributed by atoms with van der Waals surface area (Å²) in [6, 6.07) is -1.46. The van der Waals surface area contributed by atoms with Gasteiger partial charge in [-0.2, -0.15) is 0 Å². The van der Waals surface area contributed by atoms with Crippen molar-refractivity contribution in [1.29, 1.82) is 0 Å². The molecule has 0 aromatic carbocycles. The number of phosphoric ester groups is 1. The smallest absolute Gasteiger partial charge is 0.268 e. The van der Waals surface area contributed by atoms with Crippen molar-refractivity contribution in [3.8, 4) is 0 Å². The highest BCUT2D eigenvalue weighted by Gasteiger charge is 2.49. The molecule has 0 amide bonds. The van der Waals surface area contributed by atoms with Gasteiger partial charge < -0.3 is 38.0 Å². The standard InChI is InChI=1S/C16H29B2O9P/c1-9(2)22-8-16(19)13(6-15(18)26-16)27-28(20,21)23-7-12-11(24-10(3)4)5-14(17)25-12/h9-15,19H,5-8H2,1-4H3,(H,20,21)/p-1/t11?,12-,13?,14-,15-,16-/m1/s1. The van der Waals surface area contributed by atoms with Gasteiger partial charge in [0.1, 0.15) is 34.5 Å². The van der Waals surface area contributed by atoms with E-state index in [9.17, 15) is 14.6 Å². The molecule has 0 aromatic rings. The van der Waals surface area contributed by atoms with E-state index in [4.69, 9.17) is 43.7 Å². The SMILES string of the molecule is [B][C@H]1CC(OC(C)C)[C@@H](COP(=O)([O-])OC2C[C@H]([B])O[C@]2(O)COC(C)C)O1. The van der Waals surface area contributed by atoms with Crippen LogP contribution in [0, 0.1) is 0 Å². The van der Waals surface area contributed by atoms with Gasteiger partial charge in [0.2, 0.25) is 5.79 Å². The second-order valence-corrected chi connectivity index (χ2v) is 8.97. The highest BCUT2D eigenvalue weighted by molar-refractivity contribution is 7.45. The highest BCUT2D eigenvalue weighted by Crippen LogP contribution is 2.46. The maximum atomic E-state index is 12.3. The Hall–Kier alpha value is 0.0399. The first-order valence-corrected chi connectivity index (χ1v) is 10.8. The summed E-state index contributed by atoms with van der Waals surface area (Å²) in [5.41, 5.74) is 0. The average Bonchev–Trinajstić information content (AvgIpc) is 3.02. The molecule has 4 radical (unpaired) electrons. The van der Waals surface area contributed by atoms with Crippen molar-refractivity contribution in [2.75, 3.05) is 13.2 Å². The Balaban J connectivity index is 1.93. The average molecular weight is 417 g/mol. The lowest BCUT2D eigenvalue weighted by Gasteiger charge is -2.34. The Bertz CT molecular complexity index is 552. The number of phosphoric acid groups is 1. The minimum absolute atomic E-state index is 0.0442.